The Bertz CT molecular complexity index is 1090. The zero-order valence-electron chi connectivity index (χ0n) is 22.6. The van der Waals surface area contributed by atoms with Gasteiger partial charge in [-0.2, -0.15) is 0 Å². The molecule has 3 heterocycles. The number of aliphatic hydroxyl groups excluding tert-OH is 1. The lowest BCUT2D eigenvalue weighted by Gasteiger charge is -2.36. The van der Waals surface area contributed by atoms with Gasteiger partial charge in [0.2, 0.25) is 5.91 Å². The predicted octanol–water partition coefficient (Wildman–Crippen LogP) is 4.30. The van der Waals surface area contributed by atoms with E-state index in [0.29, 0.717) is 42.8 Å². The fraction of sp³-hybridized carbons (Fsp3) is 0.567. The second kappa shape index (κ2) is 12.2. The van der Waals surface area contributed by atoms with Crippen molar-refractivity contribution in [3.63, 3.8) is 0 Å². The second-order valence-electron chi connectivity index (χ2n) is 10.9. The summed E-state index contributed by atoms with van der Waals surface area (Å²) in [7, 11) is 0. The normalized spacial score (nSPS) is 28.8. The van der Waals surface area contributed by atoms with E-state index in [1.165, 1.54) is 0 Å². The highest BCUT2D eigenvalue weighted by atomic mass is 35.5. The van der Waals surface area contributed by atoms with Gasteiger partial charge in [-0.3, -0.25) is 14.4 Å². The predicted molar refractivity (Wildman–Crippen MR) is 149 cm³/mol. The van der Waals surface area contributed by atoms with E-state index < -0.39 is 35.0 Å². The second-order valence-corrected chi connectivity index (χ2v) is 11.3. The standard InChI is InChI=1S/C30H39ClN2O6/c1-4-6-7-10-20-38-28(37)24-23-26(35)33(18-8-9-19-34)25(30(23)16-15-29(24,3)39-30)27(36)32(17-5-2)22-13-11-21(31)12-14-22/h4-5,11-14,23-25,34H,1-2,6-10,15-20H2,3H3/t23-,24+,25?,29-,30?/m0/s1. The van der Waals surface area contributed by atoms with E-state index in [0.717, 1.165) is 12.8 Å². The van der Waals surface area contributed by atoms with Gasteiger partial charge >= 0.3 is 5.97 Å². The molecular weight excluding hydrogens is 520 g/mol. The van der Waals surface area contributed by atoms with Crippen LogP contribution >= 0.6 is 11.6 Å². The summed E-state index contributed by atoms with van der Waals surface area (Å²) in [6.45, 7) is 10.1. The zero-order valence-corrected chi connectivity index (χ0v) is 23.4. The average molecular weight is 559 g/mol. The van der Waals surface area contributed by atoms with Crippen LogP contribution in [0.15, 0.2) is 49.6 Å². The summed E-state index contributed by atoms with van der Waals surface area (Å²) >= 11 is 6.09. The Labute approximate surface area is 235 Å². The van der Waals surface area contributed by atoms with Gasteiger partial charge in [-0.15, -0.1) is 13.2 Å². The molecule has 8 nitrogen and oxygen atoms in total. The molecule has 2 unspecified atom stereocenters. The molecule has 2 bridgehead atoms. The highest BCUT2D eigenvalue weighted by Gasteiger charge is 2.78. The zero-order chi connectivity index (χ0) is 28.2. The minimum Gasteiger partial charge on any atom is -0.465 e. The smallest absolute Gasteiger partial charge is 0.312 e. The van der Waals surface area contributed by atoms with Gasteiger partial charge in [0.1, 0.15) is 17.6 Å². The molecule has 0 saturated carbocycles. The van der Waals surface area contributed by atoms with Crippen LogP contribution in [0.3, 0.4) is 0 Å². The Kier molecular flexibility index (Phi) is 9.19. The first-order valence-corrected chi connectivity index (χ1v) is 14.2. The van der Waals surface area contributed by atoms with Gasteiger partial charge in [-0.05, 0) is 76.1 Å². The van der Waals surface area contributed by atoms with Crippen LogP contribution in [0.5, 0.6) is 0 Å². The van der Waals surface area contributed by atoms with Gasteiger partial charge in [0.05, 0.1) is 18.1 Å². The molecule has 1 aromatic carbocycles. The number of ether oxygens (including phenoxy) is 2. The van der Waals surface area contributed by atoms with Crippen molar-refractivity contribution in [3.8, 4) is 0 Å². The molecule has 3 fully saturated rings. The van der Waals surface area contributed by atoms with E-state index in [2.05, 4.69) is 13.2 Å². The summed E-state index contributed by atoms with van der Waals surface area (Å²) < 4.78 is 12.3. The lowest BCUT2D eigenvalue weighted by atomic mass is 9.66. The number of esters is 1. The summed E-state index contributed by atoms with van der Waals surface area (Å²) in [5, 5.41) is 9.91. The number of carbonyl (C=O) groups excluding carboxylic acids is 3. The number of nitrogens with zero attached hydrogens (tertiary/aromatic N) is 2. The highest BCUT2D eigenvalue weighted by Crippen LogP contribution is 2.63. The van der Waals surface area contributed by atoms with E-state index in [-0.39, 0.29) is 38.1 Å². The number of fused-ring (bicyclic) bond motifs is 1. The molecule has 39 heavy (non-hydrogen) atoms. The number of aliphatic hydroxyl groups is 1. The quantitative estimate of drug-likeness (QED) is 0.208. The van der Waals surface area contributed by atoms with Crippen molar-refractivity contribution in [2.45, 2.75) is 69.1 Å². The molecule has 0 aromatic heterocycles. The van der Waals surface area contributed by atoms with Crippen molar-refractivity contribution < 1.29 is 29.0 Å². The minimum atomic E-state index is -1.14. The van der Waals surface area contributed by atoms with Crippen molar-refractivity contribution in [2.75, 3.05) is 31.2 Å². The summed E-state index contributed by atoms with van der Waals surface area (Å²) in [6, 6.07) is 6.01. The van der Waals surface area contributed by atoms with Crippen molar-refractivity contribution >= 4 is 35.1 Å². The van der Waals surface area contributed by atoms with Crippen LogP contribution in [0, 0.1) is 11.8 Å². The topological polar surface area (TPSA) is 96.4 Å². The van der Waals surface area contributed by atoms with Crippen molar-refractivity contribution in [2.24, 2.45) is 11.8 Å². The number of carbonyl (C=O) groups is 3. The largest absolute Gasteiger partial charge is 0.465 e. The van der Waals surface area contributed by atoms with Crippen LogP contribution in [0.1, 0.15) is 51.9 Å². The van der Waals surface area contributed by atoms with E-state index in [4.69, 9.17) is 21.1 Å². The Hall–Kier alpha value is -2.68. The van der Waals surface area contributed by atoms with Crippen molar-refractivity contribution in [3.05, 3.63) is 54.6 Å². The van der Waals surface area contributed by atoms with Crippen LogP contribution in [0.2, 0.25) is 5.02 Å². The van der Waals surface area contributed by atoms with Gasteiger partial charge in [0.25, 0.3) is 5.91 Å². The van der Waals surface area contributed by atoms with Gasteiger partial charge in [-0.25, -0.2) is 0 Å². The molecule has 2 amide bonds. The molecule has 0 radical (unpaired) electrons. The molecule has 4 rings (SSSR count). The maximum absolute atomic E-state index is 14.4. The Morgan fingerprint density at radius 1 is 1.18 bits per heavy atom. The molecule has 3 aliphatic heterocycles. The van der Waals surface area contributed by atoms with Gasteiger partial charge in [-0.1, -0.05) is 23.8 Å². The van der Waals surface area contributed by atoms with Crippen LogP contribution < -0.4 is 4.90 Å². The molecule has 9 heteroatoms. The number of rotatable bonds is 14. The fourth-order valence-electron chi connectivity index (χ4n) is 6.57. The van der Waals surface area contributed by atoms with E-state index in [9.17, 15) is 19.5 Å². The van der Waals surface area contributed by atoms with E-state index >= 15 is 0 Å². The number of unbranched alkanes of at least 4 members (excludes halogenated alkanes) is 3. The number of benzene rings is 1. The number of likely N-dealkylation sites (tertiary alicyclic amines) is 1. The number of hydrogen-bond acceptors (Lipinski definition) is 6. The number of hydrogen-bond donors (Lipinski definition) is 1. The van der Waals surface area contributed by atoms with Crippen LogP contribution in [-0.4, -0.2) is 71.3 Å². The minimum absolute atomic E-state index is 0.0159. The molecule has 212 valence electrons. The monoisotopic (exact) mass is 558 g/mol. The van der Waals surface area contributed by atoms with Gasteiger partial charge < -0.3 is 24.4 Å². The fourth-order valence-corrected chi connectivity index (χ4v) is 6.70. The van der Waals surface area contributed by atoms with E-state index in [1.807, 2.05) is 13.0 Å². The van der Waals surface area contributed by atoms with Crippen molar-refractivity contribution in [1.82, 2.24) is 4.90 Å². The molecule has 3 saturated heterocycles. The number of halogens is 1. The lowest BCUT2D eigenvalue weighted by Crippen LogP contribution is -2.56. The van der Waals surface area contributed by atoms with E-state index in [1.54, 1.807) is 40.1 Å². The Morgan fingerprint density at radius 2 is 1.92 bits per heavy atom. The Balaban J connectivity index is 1.68. The molecule has 0 aliphatic carbocycles. The first-order chi connectivity index (χ1) is 18.7. The third kappa shape index (κ3) is 5.39. The average Bonchev–Trinajstić information content (AvgIpc) is 3.48. The third-order valence-electron chi connectivity index (χ3n) is 8.33. The van der Waals surface area contributed by atoms with Crippen LogP contribution in [0.4, 0.5) is 5.69 Å². The highest BCUT2D eigenvalue weighted by molar-refractivity contribution is 6.30. The third-order valence-corrected chi connectivity index (χ3v) is 8.59. The number of allylic oxidation sites excluding steroid dienone is 1. The van der Waals surface area contributed by atoms with Crippen LogP contribution in [0.25, 0.3) is 0 Å². The molecule has 1 N–H and O–H groups in total. The van der Waals surface area contributed by atoms with Gasteiger partial charge in [0.15, 0.2) is 0 Å². The SMILES string of the molecule is C=CCCCCOC(=O)[C@H]1[C@H]2C(=O)N(CCCCO)C(C(=O)N(CC=C)c3ccc(Cl)cc3)C23CC[C@]1(C)O3. The first-order valence-electron chi connectivity index (χ1n) is 13.8. The van der Waals surface area contributed by atoms with Crippen molar-refractivity contribution in [1.29, 1.82) is 0 Å². The lowest BCUT2D eigenvalue weighted by molar-refractivity contribution is -0.159. The summed E-state index contributed by atoms with van der Waals surface area (Å²) in [4.78, 5) is 45.1. The summed E-state index contributed by atoms with van der Waals surface area (Å²) in [5.74, 6) is -2.60. The molecule has 3 aliphatic rings. The molecule has 1 aromatic rings. The van der Waals surface area contributed by atoms with Crippen LogP contribution in [-0.2, 0) is 23.9 Å². The maximum Gasteiger partial charge on any atom is 0.312 e. The molecule has 5 atom stereocenters. The number of anilines is 1. The molecule has 1 spiro atoms. The summed E-state index contributed by atoms with van der Waals surface area (Å²) in [6.07, 6.45) is 7.91. The molecular formula is C30H39ClN2O6. The first kappa shape index (κ1) is 29.3. The number of amides is 2. The maximum atomic E-state index is 14.4. The Morgan fingerprint density at radius 3 is 2.59 bits per heavy atom. The van der Waals surface area contributed by atoms with Gasteiger partial charge in [0, 0.05) is 30.4 Å². The summed E-state index contributed by atoms with van der Waals surface area (Å²) in [5.41, 5.74) is -1.40.